The number of hydrogen-bond acceptors (Lipinski definition) is 5. The lowest BCUT2D eigenvalue weighted by Gasteiger charge is -2.06. The minimum Gasteiger partial charge on any atom is -0.383 e. The predicted octanol–water partition coefficient (Wildman–Crippen LogP) is 2.00. The average Bonchev–Trinajstić information content (AvgIpc) is 3.18. The summed E-state index contributed by atoms with van der Waals surface area (Å²) in [4.78, 5) is 17.1. The fourth-order valence-corrected chi connectivity index (χ4v) is 2.31. The Bertz CT molecular complexity index is 553. The number of nitrogens with zero attached hydrogens (tertiary/aromatic N) is 4. The first kappa shape index (κ1) is 10.8. The third-order valence-corrected chi connectivity index (χ3v) is 3.74. The van der Waals surface area contributed by atoms with Gasteiger partial charge in [0.25, 0.3) is 0 Å². The zero-order valence-corrected chi connectivity index (χ0v) is 11.1. The number of nitrogens with two attached hydrogens (primary N) is 1. The van der Waals surface area contributed by atoms with E-state index in [1.54, 1.807) is 18.5 Å². The molecule has 1 aliphatic carbocycles. The Morgan fingerprint density at radius 3 is 2.47 bits per heavy atom. The highest BCUT2D eigenvalue weighted by Gasteiger charge is 2.29. The standard InChI is InChI=1S/C11H10IN5/c12-7-8(6-2-3-6)16-11(17-9(7)13)10-14-4-1-5-15-10/h1,4-6H,2-3H2,(H2,13,16,17). The van der Waals surface area contributed by atoms with E-state index in [4.69, 9.17) is 5.73 Å². The highest BCUT2D eigenvalue weighted by molar-refractivity contribution is 14.1. The van der Waals surface area contributed by atoms with Crippen LogP contribution in [0.4, 0.5) is 5.82 Å². The lowest BCUT2D eigenvalue weighted by Crippen LogP contribution is -2.05. The number of anilines is 1. The van der Waals surface area contributed by atoms with Gasteiger partial charge < -0.3 is 5.73 Å². The maximum Gasteiger partial charge on any atom is 0.200 e. The smallest absolute Gasteiger partial charge is 0.200 e. The Hall–Kier alpha value is -1.31. The van der Waals surface area contributed by atoms with Gasteiger partial charge in [0.2, 0.25) is 0 Å². The molecule has 17 heavy (non-hydrogen) atoms. The Morgan fingerprint density at radius 1 is 1.12 bits per heavy atom. The van der Waals surface area contributed by atoms with Crippen LogP contribution in [0.2, 0.25) is 0 Å². The van der Waals surface area contributed by atoms with E-state index in [0.717, 1.165) is 9.26 Å². The van der Waals surface area contributed by atoms with Crippen molar-refractivity contribution in [2.45, 2.75) is 18.8 Å². The van der Waals surface area contributed by atoms with Crippen LogP contribution in [0.3, 0.4) is 0 Å². The normalized spacial score (nSPS) is 14.9. The molecule has 0 bridgehead atoms. The molecule has 0 aliphatic heterocycles. The molecule has 0 atom stereocenters. The molecule has 1 aliphatic rings. The van der Waals surface area contributed by atoms with Crippen molar-refractivity contribution in [2.24, 2.45) is 0 Å². The zero-order valence-electron chi connectivity index (χ0n) is 8.97. The van der Waals surface area contributed by atoms with Crippen LogP contribution in [0.5, 0.6) is 0 Å². The minimum atomic E-state index is 0.518. The quantitative estimate of drug-likeness (QED) is 0.847. The van der Waals surface area contributed by atoms with Gasteiger partial charge >= 0.3 is 0 Å². The second-order valence-corrected chi connectivity index (χ2v) is 5.06. The first-order chi connectivity index (χ1) is 8.25. The summed E-state index contributed by atoms with van der Waals surface area (Å²) in [6.45, 7) is 0. The summed E-state index contributed by atoms with van der Waals surface area (Å²) in [6, 6.07) is 1.77. The number of halogens is 1. The van der Waals surface area contributed by atoms with E-state index in [9.17, 15) is 0 Å². The van der Waals surface area contributed by atoms with Crippen LogP contribution in [0.1, 0.15) is 24.5 Å². The molecule has 1 fully saturated rings. The SMILES string of the molecule is Nc1nc(-c2ncccn2)nc(C2CC2)c1I. The summed E-state index contributed by atoms with van der Waals surface area (Å²) < 4.78 is 0.963. The summed E-state index contributed by atoms with van der Waals surface area (Å²) in [5.74, 6) is 2.10. The van der Waals surface area contributed by atoms with Crippen LogP contribution in [0, 0.1) is 3.57 Å². The van der Waals surface area contributed by atoms with Crippen LogP contribution in [0.25, 0.3) is 11.6 Å². The largest absolute Gasteiger partial charge is 0.383 e. The van der Waals surface area contributed by atoms with E-state index >= 15 is 0 Å². The molecule has 2 heterocycles. The van der Waals surface area contributed by atoms with Gasteiger partial charge in [0, 0.05) is 18.3 Å². The molecule has 0 unspecified atom stereocenters. The number of aromatic nitrogens is 4. The van der Waals surface area contributed by atoms with Gasteiger partial charge in [-0.15, -0.1) is 0 Å². The van der Waals surface area contributed by atoms with Gasteiger partial charge in [-0.2, -0.15) is 0 Å². The van der Waals surface area contributed by atoms with Gasteiger partial charge in [-0.3, -0.25) is 0 Å². The van der Waals surface area contributed by atoms with E-state index in [1.807, 2.05) is 0 Å². The summed E-state index contributed by atoms with van der Waals surface area (Å²) in [5, 5.41) is 0. The van der Waals surface area contributed by atoms with Crippen molar-refractivity contribution in [3.8, 4) is 11.6 Å². The van der Waals surface area contributed by atoms with Crippen molar-refractivity contribution in [2.75, 3.05) is 5.73 Å². The monoisotopic (exact) mass is 339 g/mol. The molecular weight excluding hydrogens is 329 g/mol. The first-order valence-corrected chi connectivity index (χ1v) is 6.44. The third-order valence-electron chi connectivity index (χ3n) is 2.63. The third kappa shape index (κ3) is 2.08. The summed E-state index contributed by atoms with van der Waals surface area (Å²) in [7, 11) is 0. The topological polar surface area (TPSA) is 77.6 Å². The average molecular weight is 339 g/mol. The molecule has 0 aromatic carbocycles. The molecule has 5 nitrogen and oxygen atoms in total. The first-order valence-electron chi connectivity index (χ1n) is 5.36. The highest BCUT2D eigenvalue weighted by Crippen LogP contribution is 2.42. The van der Waals surface area contributed by atoms with Crippen LogP contribution in [-0.2, 0) is 0 Å². The molecule has 0 radical (unpaired) electrons. The second-order valence-electron chi connectivity index (χ2n) is 3.98. The van der Waals surface area contributed by atoms with Crippen LogP contribution in [-0.4, -0.2) is 19.9 Å². The van der Waals surface area contributed by atoms with Crippen molar-refractivity contribution >= 4 is 28.4 Å². The Balaban J connectivity index is 2.12. The molecule has 0 amide bonds. The number of nitrogen functional groups attached to an aromatic ring is 1. The lowest BCUT2D eigenvalue weighted by atomic mass is 10.2. The van der Waals surface area contributed by atoms with E-state index in [1.165, 1.54) is 12.8 Å². The summed E-state index contributed by atoms with van der Waals surface area (Å²) >= 11 is 2.21. The van der Waals surface area contributed by atoms with Crippen molar-refractivity contribution < 1.29 is 0 Å². The highest BCUT2D eigenvalue weighted by atomic mass is 127. The second kappa shape index (κ2) is 4.17. The molecule has 2 aromatic heterocycles. The minimum absolute atomic E-state index is 0.518. The maximum atomic E-state index is 5.91. The van der Waals surface area contributed by atoms with Crippen molar-refractivity contribution in [1.82, 2.24) is 19.9 Å². The van der Waals surface area contributed by atoms with Gasteiger partial charge in [0.15, 0.2) is 11.6 Å². The Morgan fingerprint density at radius 2 is 1.82 bits per heavy atom. The van der Waals surface area contributed by atoms with E-state index in [0.29, 0.717) is 23.4 Å². The van der Waals surface area contributed by atoms with Crippen LogP contribution in [0.15, 0.2) is 18.5 Å². The van der Waals surface area contributed by atoms with Gasteiger partial charge in [0.05, 0.1) is 9.26 Å². The van der Waals surface area contributed by atoms with Crippen molar-refractivity contribution in [3.63, 3.8) is 0 Å². The molecule has 86 valence electrons. The predicted molar refractivity (Wildman–Crippen MR) is 72.2 cm³/mol. The maximum absolute atomic E-state index is 5.91. The molecule has 1 saturated carbocycles. The Labute approximate surface area is 112 Å². The van der Waals surface area contributed by atoms with E-state index in [-0.39, 0.29) is 0 Å². The van der Waals surface area contributed by atoms with Crippen molar-refractivity contribution in [3.05, 3.63) is 27.7 Å². The van der Waals surface area contributed by atoms with Crippen molar-refractivity contribution in [1.29, 1.82) is 0 Å². The molecule has 0 saturated heterocycles. The number of rotatable bonds is 2. The lowest BCUT2D eigenvalue weighted by molar-refractivity contribution is 0.965. The zero-order chi connectivity index (χ0) is 11.8. The van der Waals surface area contributed by atoms with E-state index < -0.39 is 0 Å². The fourth-order valence-electron chi connectivity index (χ4n) is 1.62. The molecule has 2 N–H and O–H groups in total. The van der Waals surface area contributed by atoms with E-state index in [2.05, 4.69) is 42.5 Å². The molecule has 2 aromatic rings. The summed E-state index contributed by atoms with van der Waals surface area (Å²) in [6.07, 6.45) is 5.72. The van der Waals surface area contributed by atoms with Crippen LogP contribution >= 0.6 is 22.6 Å². The van der Waals surface area contributed by atoms with Crippen LogP contribution < -0.4 is 5.73 Å². The Kier molecular flexibility index (Phi) is 2.65. The summed E-state index contributed by atoms with van der Waals surface area (Å²) in [5.41, 5.74) is 6.95. The molecule has 6 heteroatoms. The van der Waals surface area contributed by atoms with Gasteiger partial charge in [-0.05, 0) is 41.5 Å². The van der Waals surface area contributed by atoms with Gasteiger partial charge in [-0.25, -0.2) is 19.9 Å². The molecular formula is C11H10IN5. The van der Waals surface area contributed by atoms with Gasteiger partial charge in [0.1, 0.15) is 5.82 Å². The molecule has 0 spiro atoms. The van der Waals surface area contributed by atoms with Gasteiger partial charge in [-0.1, -0.05) is 0 Å². The fraction of sp³-hybridized carbons (Fsp3) is 0.273. The number of hydrogen-bond donors (Lipinski definition) is 1. The molecule has 3 rings (SSSR count).